The smallest absolute Gasteiger partial charge is 0.248 e. The Hall–Kier alpha value is -3.04. The first-order valence-electron chi connectivity index (χ1n) is 12.0. The van der Waals surface area contributed by atoms with E-state index in [4.69, 9.17) is 5.73 Å². The van der Waals surface area contributed by atoms with Crippen LogP contribution in [0.2, 0.25) is 0 Å². The van der Waals surface area contributed by atoms with Gasteiger partial charge in [0.2, 0.25) is 11.5 Å². The van der Waals surface area contributed by atoms with Gasteiger partial charge in [-0.05, 0) is 50.6 Å². The van der Waals surface area contributed by atoms with Gasteiger partial charge in [0.25, 0.3) is 0 Å². The Morgan fingerprint density at radius 3 is 2.68 bits per heavy atom. The van der Waals surface area contributed by atoms with Crippen LogP contribution >= 0.6 is 0 Å². The van der Waals surface area contributed by atoms with E-state index >= 15 is 0 Å². The molecule has 1 unspecified atom stereocenters. The van der Waals surface area contributed by atoms with Gasteiger partial charge < -0.3 is 26.0 Å². The summed E-state index contributed by atoms with van der Waals surface area (Å²) >= 11 is 0. The molecule has 0 aliphatic rings. The van der Waals surface area contributed by atoms with Crippen molar-refractivity contribution in [2.45, 2.75) is 65.0 Å². The molecule has 3 heterocycles. The molecular weight excluding hydrogens is 430 g/mol. The summed E-state index contributed by atoms with van der Waals surface area (Å²) in [6.45, 7) is 7.88. The van der Waals surface area contributed by atoms with Crippen molar-refractivity contribution in [1.82, 2.24) is 24.8 Å². The predicted octanol–water partition coefficient (Wildman–Crippen LogP) is 3.55. The minimum absolute atomic E-state index is 0.0435. The second kappa shape index (κ2) is 11.4. The molecule has 0 fully saturated rings. The van der Waals surface area contributed by atoms with Crippen molar-refractivity contribution < 1.29 is 5.11 Å². The van der Waals surface area contributed by atoms with E-state index in [9.17, 15) is 9.90 Å². The van der Waals surface area contributed by atoms with Gasteiger partial charge in [-0.25, -0.2) is 4.98 Å². The largest absolute Gasteiger partial charge is 0.394 e. The number of aromatic amines is 1. The summed E-state index contributed by atoms with van der Waals surface area (Å²) in [5.41, 5.74) is 9.07. The minimum Gasteiger partial charge on any atom is -0.394 e. The second-order valence-corrected chi connectivity index (χ2v) is 9.30. The number of nitrogen functional groups attached to an aromatic ring is 1. The fourth-order valence-corrected chi connectivity index (χ4v) is 4.00. The van der Waals surface area contributed by atoms with Crippen molar-refractivity contribution >= 4 is 22.8 Å². The molecule has 3 aromatic rings. The molecule has 184 valence electrons. The van der Waals surface area contributed by atoms with Crippen LogP contribution in [0.25, 0.3) is 22.2 Å². The molecule has 0 saturated carbocycles. The predicted molar refractivity (Wildman–Crippen MR) is 138 cm³/mol. The average Bonchev–Trinajstić information content (AvgIpc) is 2.82. The Morgan fingerprint density at radius 2 is 1.97 bits per heavy atom. The van der Waals surface area contributed by atoms with E-state index in [0.29, 0.717) is 23.4 Å². The van der Waals surface area contributed by atoms with Crippen LogP contribution in [0.1, 0.15) is 58.4 Å². The van der Waals surface area contributed by atoms with Crippen LogP contribution in [0.5, 0.6) is 0 Å². The third kappa shape index (κ3) is 6.30. The Morgan fingerprint density at radius 1 is 1.21 bits per heavy atom. The molecule has 1 atom stereocenters. The summed E-state index contributed by atoms with van der Waals surface area (Å²) in [6, 6.07) is 3.49. The maximum absolute atomic E-state index is 12.2. The highest BCUT2D eigenvalue weighted by atomic mass is 16.3. The van der Waals surface area contributed by atoms with Gasteiger partial charge in [-0.1, -0.05) is 33.1 Å². The molecule has 0 aromatic carbocycles. The van der Waals surface area contributed by atoms with Crippen LogP contribution in [0.4, 0.5) is 11.8 Å². The van der Waals surface area contributed by atoms with Gasteiger partial charge in [-0.15, -0.1) is 0 Å². The maximum atomic E-state index is 12.2. The molecule has 3 rings (SSSR count). The number of fused-ring (bicyclic) bond motifs is 1. The van der Waals surface area contributed by atoms with E-state index < -0.39 is 5.54 Å². The lowest BCUT2D eigenvalue weighted by atomic mass is 9.96. The first kappa shape index (κ1) is 25.6. The van der Waals surface area contributed by atoms with Crippen LogP contribution in [0, 0.1) is 0 Å². The summed E-state index contributed by atoms with van der Waals surface area (Å²) in [7, 11) is 2.08. The normalized spacial score (nSPS) is 13.4. The number of unbranched alkanes of at least 4 members (excludes halogenated alkanes) is 2. The molecule has 0 bridgehead atoms. The molecule has 3 aromatic heterocycles. The number of pyridine rings is 2. The monoisotopic (exact) mass is 467 g/mol. The van der Waals surface area contributed by atoms with E-state index in [1.54, 1.807) is 18.5 Å². The van der Waals surface area contributed by atoms with Gasteiger partial charge in [-0.3, -0.25) is 9.78 Å². The first-order chi connectivity index (χ1) is 16.3. The van der Waals surface area contributed by atoms with Crippen LogP contribution in [-0.2, 0) is 6.54 Å². The van der Waals surface area contributed by atoms with Gasteiger partial charge in [0, 0.05) is 30.6 Å². The number of nitrogens with zero attached hydrogens (tertiary/aromatic N) is 4. The number of rotatable bonds is 12. The minimum atomic E-state index is -0.549. The highest BCUT2D eigenvalue weighted by Gasteiger charge is 2.25. The Bertz CT molecular complexity index is 1160. The van der Waals surface area contributed by atoms with Crippen LogP contribution in [-0.4, -0.2) is 55.7 Å². The van der Waals surface area contributed by atoms with Crippen molar-refractivity contribution in [3.05, 3.63) is 40.4 Å². The zero-order valence-corrected chi connectivity index (χ0v) is 20.7. The highest BCUT2D eigenvalue weighted by Crippen LogP contribution is 2.29. The van der Waals surface area contributed by atoms with Gasteiger partial charge in [0.15, 0.2) is 5.82 Å². The summed E-state index contributed by atoms with van der Waals surface area (Å²) < 4.78 is 0. The number of hydrogen-bond donors (Lipinski definition) is 4. The molecule has 0 spiro atoms. The molecule has 34 heavy (non-hydrogen) atoms. The number of aliphatic hydroxyl groups excluding tert-OH is 1. The molecule has 5 N–H and O–H groups in total. The van der Waals surface area contributed by atoms with E-state index in [1.807, 2.05) is 13.0 Å². The number of nitrogens with two attached hydrogens (primary N) is 1. The SMILES string of the molecule is CCCCN(C)Cc1c[nH]c(=O)cc1-c1cnc2c(NC(C)(CO)CCCC)nc(N)nc2c1. The number of anilines is 2. The number of nitrogens with one attached hydrogen (secondary N) is 2. The lowest BCUT2D eigenvalue weighted by Crippen LogP contribution is -2.39. The molecule has 0 amide bonds. The summed E-state index contributed by atoms with van der Waals surface area (Å²) in [6.07, 6.45) is 8.53. The number of hydrogen-bond acceptors (Lipinski definition) is 8. The Labute approximate surface area is 200 Å². The van der Waals surface area contributed by atoms with Crippen LogP contribution < -0.4 is 16.6 Å². The second-order valence-electron chi connectivity index (χ2n) is 9.30. The first-order valence-corrected chi connectivity index (χ1v) is 12.0. The quantitative estimate of drug-likeness (QED) is 0.318. The number of aromatic nitrogens is 4. The number of H-pyrrole nitrogens is 1. The molecule has 0 aliphatic carbocycles. The third-order valence-corrected chi connectivity index (χ3v) is 6.06. The van der Waals surface area contributed by atoms with Gasteiger partial charge in [-0.2, -0.15) is 4.98 Å². The number of aliphatic hydroxyl groups is 1. The van der Waals surface area contributed by atoms with Gasteiger partial charge in [0.05, 0.1) is 17.7 Å². The molecule has 0 aliphatic heterocycles. The van der Waals surface area contributed by atoms with E-state index in [1.165, 1.54) is 0 Å². The summed E-state index contributed by atoms with van der Waals surface area (Å²) in [5.74, 6) is 0.613. The van der Waals surface area contributed by atoms with Crippen molar-refractivity contribution in [2.24, 2.45) is 0 Å². The van der Waals surface area contributed by atoms with Gasteiger partial charge in [0.1, 0.15) is 5.52 Å². The zero-order chi connectivity index (χ0) is 24.7. The molecule has 0 radical (unpaired) electrons. The van der Waals surface area contributed by atoms with Crippen LogP contribution in [0.3, 0.4) is 0 Å². The van der Waals surface area contributed by atoms with E-state index in [0.717, 1.165) is 55.3 Å². The Balaban J connectivity index is 2.01. The fraction of sp³-hybridized carbons (Fsp3) is 0.520. The standard InChI is InChI=1S/C25H37N7O2/c1-5-7-9-25(3,16-33)31-23-22-20(29-24(26)30-23)11-17(13-28-22)19-12-21(34)27-14-18(19)15-32(4)10-8-6-2/h11-14,33H,5-10,15-16H2,1-4H3,(H,27,34)(H3,26,29,30,31). The fourth-order valence-electron chi connectivity index (χ4n) is 4.00. The Kier molecular flexibility index (Phi) is 8.57. The molecule has 0 saturated heterocycles. The van der Waals surface area contributed by atoms with Crippen molar-refractivity contribution in [3.8, 4) is 11.1 Å². The van der Waals surface area contributed by atoms with Gasteiger partial charge >= 0.3 is 0 Å². The van der Waals surface area contributed by atoms with E-state index in [-0.39, 0.29) is 18.1 Å². The highest BCUT2D eigenvalue weighted by molar-refractivity contribution is 5.89. The molecule has 9 heteroatoms. The van der Waals surface area contributed by atoms with Crippen molar-refractivity contribution in [1.29, 1.82) is 0 Å². The lowest BCUT2D eigenvalue weighted by Gasteiger charge is -2.29. The maximum Gasteiger partial charge on any atom is 0.248 e. The average molecular weight is 468 g/mol. The summed E-state index contributed by atoms with van der Waals surface area (Å²) in [5, 5.41) is 13.3. The molecule has 9 nitrogen and oxygen atoms in total. The molecular formula is C25H37N7O2. The summed E-state index contributed by atoms with van der Waals surface area (Å²) in [4.78, 5) is 30.6. The van der Waals surface area contributed by atoms with Crippen LogP contribution in [0.15, 0.2) is 29.3 Å². The van der Waals surface area contributed by atoms with Crippen molar-refractivity contribution in [3.63, 3.8) is 0 Å². The lowest BCUT2D eigenvalue weighted by molar-refractivity contribution is 0.212. The van der Waals surface area contributed by atoms with Crippen molar-refractivity contribution in [2.75, 3.05) is 31.2 Å². The third-order valence-electron chi connectivity index (χ3n) is 6.06. The topological polar surface area (TPSA) is 133 Å². The van der Waals surface area contributed by atoms with E-state index in [2.05, 4.69) is 51.0 Å². The zero-order valence-electron chi connectivity index (χ0n) is 20.7.